The molecule has 30 heavy (non-hydrogen) atoms. The molecule has 0 atom stereocenters. The molecule has 1 amide bonds. The second-order valence-corrected chi connectivity index (χ2v) is 7.77. The van der Waals surface area contributed by atoms with Gasteiger partial charge in [-0.05, 0) is 39.3 Å². The highest BCUT2D eigenvalue weighted by molar-refractivity contribution is 5.83. The topological polar surface area (TPSA) is 82.2 Å². The van der Waals surface area contributed by atoms with Crippen LogP contribution in [0.25, 0.3) is 16.6 Å². The Hall–Kier alpha value is -3.00. The smallest absolute Gasteiger partial charge is 0.295 e. The Morgan fingerprint density at radius 2 is 1.77 bits per heavy atom. The summed E-state index contributed by atoms with van der Waals surface area (Å²) in [5.41, 5.74) is 3.93. The summed E-state index contributed by atoms with van der Waals surface area (Å²) in [6, 6.07) is 8.03. The van der Waals surface area contributed by atoms with Crippen LogP contribution in [0, 0.1) is 20.8 Å². The van der Waals surface area contributed by atoms with Crippen LogP contribution in [-0.2, 0) is 16.1 Å². The van der Waals surface area contributed by atoms with Crippen molar-refractivity contribution in [3.05, 3.63) is 51.6 Å². The second kappa shape index (κ2) is 8.39. The first-order valence-electron chi connectivity index (χ1n) is 10.4. The number of hydrogen-bond donors (Lipinski definition) is 0. The van der Waals surface area contributed by atoms with Crippen LogP contribution in [0.5, 0.6) is 0 Å². The molecule has 0 aliphatic carbocycles. The highest BCUT2D eigenvalue weighted by atomic mass is 16.5. The van der Waals surface area contributed by atoms with Gasteiger partial charge >= 0.3 is 0 Å². The minimum atomic E-state index is -0.219. The Morgan fingerprint density at radius 3 is 2.47 bits per heavy atom. The van der Waals surface area contributed by atoms with Gasteiger partial charge in [-0.2, -0.15) is 10.2 Å². The molecule has 1 saturated heterocycles. The standard InChI is InChI=1S/C22H27N5O3/c1-15-6-8-18(9-7-15)27-17(3)20-16(2)23-26(22(29)21(20)24-27)10-4-5-19(28)25-11-13-30-14-12-25/h6-9H,4-5,10-14H2,1-3H3. The zero-order chi connectivity index (χ0) is 21.3. The number of morpholine rings is 1. The van der Waals surface area contributed by atoms with Gasteiger partial charge in [-0.15, -0.1) is 0 Å². The van der Waals surface area contributed by atoms with Crippen LogP contribution in [0.3, 0.4) is 0 Å². The first kappa shape index (κ1) is 20.3. The lowest BCUT2D eigenvalue weighted by molar-refractivity contribution is -0.135. The molecule has 1 aliphatic heterocycles. The third-order valence-electron chi connectivity index (χ3n) is 5.59. The van der Waals surface area contributed by atoms with Gasteiger partial charge in [0.1, 0.15) is 0 Å². The van der Waals surface area contributed by atoms with E-state index >= 15 is 0 Å². The second-order valence-electron chi connectivity index (χ2n) is 7.77. The van der Waals surface area contributed by atoms with E-state index in [2.05, 4.69) is 10.2 Å². The summed E-state index contributed by atoms with van der Waals surface area (Å²) >= 11 is 0. The summed E-state index contributed by atoms with van der Waals surface area (Å²) in [7, 11) is 0. The largest absolute Gasteiger partial charge is 0.378 e. The van der Waals surface area contributed by atoms with E-state index in [4.69, 9.17) is 4.74 Å². The normalized spacial score (nSPS) is 14.4. The SMILES string of the molecule is Cc1ccc(-n2nc3c(=O)n(CCCC(=O)N4CCOCC4)nc(C)c3c2C)cc1. The monoisotopic (exact) mass is 409 g/mol. The van der Waals surface area contributed by atoms with Crippen molar-refractivity contribution in [3.8, 4) is 5.69 Å². The van der Waals surface area contributed by atoms with Crippen LogP contribution < -0.4 is 5.56 Å². The fourth-order valence-corrected chi connectivity index (χ4v) is 3.92. The Kier molecular flexibility index (Phi) is 5.67. The van der Waals surface area contributed by atoms with Crippen molar-refractivity contribution in [2.24, 2.45) is 0 Å². The van der Waals surface area contributed by atoms with Crippen LogP contribution in [0.15, 0.2) is 29.1 Å². The van der Waals surface area contributed by atoms with Crippen molar-refractivity contribution in [2.45, 2.75) is 40.2 Å². The van der Waals surface area contributed by atoms with Crippen molar-refractivity contribution in [2.75, 3.05) is 26.3 Å². The molecule has 4 rings (SSSR count). The molecule has 1 aliphatic rings. The van der Waals surface area contributed by atoms with Crippen LogP contribution in [-0.4, -0.2) is 56.7 Å². The van der Waals surface area contributed by atoms with Crippen LogP contribution in [0.1, 0.15) is 29.8 Å². The Morgan fingerprint density at radius 1 is 1.07 bits per heavy atom. The number of carbonyl (C=O) groups excluding carboxylic acids is 1. The molecule has 1 fully saturated rings. The highest BCUT2D eigenvalue weighted by Gasteiger charge is 2.19. The van der Waals surface area contributed by atoms with E-state index in [0.717, 1.165) is 22.5 Å². The third-order valence-corrected chi connectivity index (χ3v) is 5.59. The van der Waals surface area contributed by atoms with Gasteiger partial charge in [-0.1, -0.05) is 17.7 Å². The van der Waals surface area contributed by atoms with Gasteiger partial charge in [-0.3, -0.25) is 9.59 Å². The summed E-state index contributed by atoms with van der Waals surface area (Å²) in [6.07, 6.45) is 0.952. The van der Waals surface area contributed by atoms with E-state index in [9.17, 15) is 9.59 Å². The van der Waals surface area contributed by atoms with Gasteiger partial charge in [0.25, 0.3) is 5.56 Å². The number of hydrogen-bond acceptors (Lipinski definition) is 5. The van der Waals surface area contributed by atoms with Crippen molar-refractivity contribution in [3.63, 3.8) is 0 Å². The zero-order valence-electron chi connectivity index (χ0n) is 17.7. The lowest BCUT2D eigenvalue weighted by Gasteiger charge is -2.26. The van der Waals surface area contributed by atoms with E-state index < -0.39 is 0 Å². The molecule has 0 spiro atoms. The predicted octanol–water partition coefficient (Wildman–Crippen LogP) is 2.15. The number of nitrogens with zero attached hydrogens (tertiary/aromatic N) is 5. The van der Waals surface area contributed by atoms with Gasteiger partial charge in [0.15, 0.2) is 5.52 Å². The van der Waals surface area contributed by atoms with Crippen LogP contribution in [0.2, 0.25) is 0 Å². The number of rotatable bonds is 5. The van der Waals surface area contributed by atoms with Gasteiger partial charge < -0.3 is 9.64 Å². The van der Waals surface area contributed by atoms with Crippen LogP contribution in [0.4, 0.5) is 0 Å². The molecular formula is C22H27N5O3. The molecule has 158 valence electrons. The molecule has 8 nitrogen and oxygen atoms in total. The van der Waals surface area contributed by atoms with Crippen molar-refractivity contribution in [1.82, 2.24) is 24.5 Å². The first-order valence-corrected chi connectivity index (χ1v) is 10.4. The average molecular weight is 409 g/mol. The molecule has 3 aromatic rings. The third kappa shape index (κ3) is 3.87. The Bertz CT molecular complexity index is 1120. The zero-order valence-corrected chi connectivity index (χ0v) is 17.7. The Labute approximate surface area is 175 Å². The van der Waals surface area contributed by atoms with E-state index in [0.29, 0.717) is 51.2 Å². The maximum atomic E-state index is 13.0. The van der Waals surface area contributed by atoms with E-state index in [1.807, 2.05) is 49.9 Å². The molecule has 0 saturated carbocycles. The van der Waals surface area contributed by atoms with E-state index in [-0.39, 0.29) is 11.5 Å². The molecule has 0 unspecified atom stereocenters. The molecule has 0 radical (unpaired) electrons. The summed E-state index contributed by atoms with van der Waals surface area (Å²) < 4.78 is 8.52. The number of benzene rings is 1. The fraction of sp³-hybridized carbons (Fsp3) is 0.455. The summed E-state index contributed by atoms with van der Waals surface area (Å²) in [4.78, 5) is 27.2. The van der Waals surface area contributed by atoms with Gasteiger partial charge in [0.05, 0.1) is 35.7 Å². The molecule has 0 N–H and O–H groups in total. The number of ether oxygens (including phenoxy) is 1. The van der Waals surface area contributed by atoms with Crippen molar-refractivity contribution in [1.29, 1.82) is 0 Å². The van der Waals surface area contributed by atoms with E-state index in [1.165, 1.54) is 10.2 Å². The predicted molar refractivity (Wildman–Crippen MR) is 114 cm³/mol. The van der Waals surface area contributed by atoms with Gasteiger partial charge in [-0.25, -0.2) is 9.36 Å². The molecule has 3 heterocycles. The Balaban J connectivity index is 1.56. The van der Waals surface area contributed by atoms with Crippen molar-refractivity contribution < 1.29 is 9.53 Å². The minimum Gasteiger partial charge on any atom is -0.378 e. The fourth-order valence-electron chi connectivity index (χ4n) is 3.92. The summed E-state index contributed by atoms with van der Waals surface area (Å²) in [5.74, 6) is 0.101. The first-order chi connectivity index (χ1) is 14.5. The molecule has 2 aromatic heterocycles. The average Bonchev–Trinajstić information content (AvgIpc) is 3.10. The minimum absolute atomic E-state index is 0.101. The lowest BCUT2D eigenvalue weighted by Crippen LogP contribution is -2.40. The summed E-state index contributed by atoms with van der Waals surface area (Å²) in [5, 5.41) is 9.90. The summed E-state index contributed by atoms with van der Waals surface area (Å²) in [6.45, 7) is 8.72. The maximum absolute atomic E-state index is 13.0. The maximum Gasteiger partial charge on any atom is 0.295 e. The highest BCUT2D eigenvalue weighted by Crippen LogP contribution is 2.21. The quantitative estimate of drug-likeness (QED) is 0.645. The lowest BCUT2D eigenvalue weighted by atomic mass is 10.2. The van der Waals surface area contributed by atoms with Crippen molar-refractivity contribution >= 4 is 16.8 Å². The van der Waals surface area contributed by atoms with Crippen LogP contribution >= 0.6 is 0 Å². The number of amides is 1. The molecule has 8 heteroatoms. The number of aromatic nitrogens is 4. The number of aryl methyl sites for hydroxylation is 4. The molecular weight excluding hydrogens is 382 g/mol. The van der Waals surface area contributed by atoms with Gasteiger partial charge in [0.2, 0.25) is 5.91 Å². The number of carbonyl (C=O) groups is 1. The van der Waals surface area contributed by atoms with E-state index in [1.54, 1.807) is 4.68 Å². The molecule has 0 bridgehead atoms. The number of fused-ring (bicyclic) bond motifs is 1. The van der Waals surface area contributed by atoms with Gasteiger partial charge in [0, 0.05) is 26.1 Å². The molecule has 1 aromatic carbocycles.